The fourth-order valence-electron chi connectivity index (χ4n) is 2.40. The van der Waals surface area contributed by atoms with Gasteiger partial charge in [0.2, 0.25) is 5.95 Å². The van der Waals surface area contributed by atoms with Crippen molar-refractivity contribution in [3.8, 4) is 5.69 Å². The zero-order valence-electron chi connectivity index (χ0n) is 13.4. The lowest BCUT2D eigenvalue weighted by Gasteiger charge is -2.12. The molecule has 0 amide bonds. The molecule has 0 spiro atoms. The first-order valence-electron chi connectivity index (χ1n) is 7.57. The van der Waals surface area contributed by atoms with E-state index in [1.165, 1.54) is 16.8 Å². The average molecular weight is 287 g/mol. The van der Waals surface area contributed by atoms with Crippen LogP contribution < -0.4 is 5.32 Å². The van der Waals surface area contributed by atoms with Gasteiger partial charge >= 0.3 is 0 Å². The van der Waals surface area contributed by atoms with Crippen LogP contribution in [0.4, 0.5) is 5.95 Å². The lowest BCUT2D eigenvalue weighted by atomic mass is 10.1. The lowest BCUT2D eigenvalue weighted by Crippen LogP contribution is -2.10. The Morgan fingerprint density at radius 2 is 2.05 bits per heavy atom. The van der Waals surface area contributed by atoms with Gasteiger partial charge in [-0.2, -0.15) is 0 Å². The van der Waals surface area contributed by atoms with Crippen LogP contribution in [0.2, 0.25) is 0 Å². The molecule has 0 saturated heterocycles. The standard InChI is InChI=1S/C17H25N3O/c1-5-21-10-6-9-18-17-19-15(4)12-20(17)16-8-7-13(2)11-14(16)3/h7-8,11-12H,5-6,9-10H2,1-4H3,(H,18,19). The van der Waals surface area contributed by atoms with Crippen molar-refractivity contribution in [3.05, 3.63) is 41.2 Å². The van der Waals surface area contributed by atoms with Gasteiger partial charge in [-0.1, -0.05) is 17.7 Å². The third-order valence-corrected chi connectivity index (χ3v) is 3.39. The number of hydrogen-bond donors (Lipinski definition) is 1. The molecular weight excluding hydrogens is 262 g/mol. The van der Waals surface area contributed by atoms with Gasteiger partial charge in [0.25, 0.3) is 0 Å². The van der Waals surface area contributed by atoms with Gasteiger partial charge in [-0.3, -0.25) is 4.57 Å². The quantitative estimate of drug-likeness (QED) is 0.790. The van der Waals surface area contributed by atoms with E-state index in [0.717, 1.165) is 37.8 Å². The fraction of sp³-hybridized carbons (Fsp3) is 0.471. The molecule has 114 valence electrons. The molecule has 2 aromatic rings. The molecule has 0 unspecified atom stereocenters. The Bertz CT molecular complexity index is 590. The van der Waals surface area contributed by atoms with Crippen LogP contribution in [0.5, 0.6) is 0 Å². The predicted octanol–water partition coefficient (Wildman–Crippen LogP) is 3.64. The van der Waals surface area contributed by atoms with Gasteiger partial charge in [-0.15, -0.1) is 0 Å². The van der Waals surface area contributed by atoms with Gasteiger partial charge in [0, 0.05) is 26.0 Å². The van der Waals surface area contributed by atoms with Crippen LogP contribution in [0.15, 0.2) is 24.4 Å². The van der Waals surface area contributed by atoms with Crippen molar-refractivity contribution >= 4 is 5.95 Å². The number of imidazole rings is 1. The maximum Gasteiger partial charge on any atom is 0.207 e. The van der Waals surface area contributed by atoms with E-state index in [1.54, 1.807) is 0 Å². The highest BCUT2D eigenvalue weighted by atomic mass is 16.5. The molecule has 1 aromatic heterocycles. The Morgan fingerprint density at radius 3 is 2.76 bits per heavy atom. The Hall–Kier alpha value is -1.81. The van der Waals surface area contributed by atoms with Gasteiger partial charge in [0.1, 0.15) is 0 Å². The van der Waals surface area contributed by atoms with Crippen molar-refractivity contribution in [1.82, 2.24) is 9.55 Å². The molecule has 1 heterocycles. The zero-order chi connectivity index (χ0) is 15.2. The number of anilines is 1. The molecule has 0 saturated carbocycles. The summed E-state index contributed by atoms with van der Waals surface area (Å²) in [6, 6.07) is 6.48. The van der Waals surface area contributed by atoms with Gasteiger partial charge in [0.05, 0.1) is 11.4 Å². The highest BCUT2D eigenvalue weighted by molar-refractivity contribution is 5.48. The van der Waals surface area contributed by atoms with Crippen molar-refractivity contribution < 1.29 is 4.74 Å². The van der Waals surface area contributed by atoms with Gasteiger partial charge < -0.3 is 10.1 Å². The average Bonchev–Trinajstić information content (AvgIpc) is 2.79. The second-order valence-corrected chi connectivity index (χ2v) is 5.34. The van der Waals surface area contributed by atoms with E-state index in [2.05, 4.69) is 53.1 Å². The van der Waals surface area contributed by atoms with Crippen LogP contribution in [-0.4, -0.2) is 29.3 Å². The number of hydrogen-bond acceptors (Lipinski definition) is 3. The minimum atomic E-state index is 0.774. The number of aromatic nitrogens is 2. The van der Waals surface area contributed by atoms with Crippen LogP contribution in [0.3, 0.4) is 0 Å². The molecule has 1 N–H and O–H groups in total. The SMILES string of the molecule is CCOCCCNc1nc(C)cn1-c1ccc(C)cc1C. The normalized spacial score (nSPS) is 10.9. The molecule has 0 aliphatic heterocycles. The second-order valence-electron chi connectivity index (χ2n) is 5.34. The van der Waals surface area contributed by atoms with E-state index >= 15 is 0 Å². The number of nitrogens with one attached hydrogen (secondary N) is 1. The maximum absolute atomic E-state index is 5.36. The van der Waals surface area contributed by atoms with Gasteiger partial charge in [0.15, 0.2) is 0 Å². The number of nitrogens with zero attached hydrogens (tertiary/aromatic N) is 2. The summed E-state index contributed by atoms with van der Waals surface area (Å²) in [4.78, 5) is 4.58. The smallest absolute Gasteiger partial charge is 0.207 e. The summed E-state index contributed by atoms with van der Waals surface area (Å²) < 4.78 is 7.49. The van der Waals surface area contributed by atoms with E-state index in [0.29, 0.717) is 0 Å². The molecule has 21 heavy (non-hydrogen) atoms. The van der Waals surface area contributed by atoms with E-state index < -0.39 is 0 Å². The molecule has 0 radical (unpaired) electrons. The summed E-state index contributed by atoms with van der Waals surface area (Å²) in [5.74, 6) is 0.899. The minimum Gasteiger partial charge on any atom is -0.382 e. The summed E-state index contributed by atoms with van der Waals surface area (Å²) >= 11 is 0. The summed E-state index contributed by atoms with van der Waals surface area (Å²) in [6.45, 7) is 10.7. The Kier molecular flexibility index (Phi) is 5.39. The van der Waals surface area contributed by atoms with Crippen LogP contribution in [-0.2, 0) is 4.74 Å². The first-order valence-corrected chi connectivity index (χ1v) is 7.57. The third-order valence-electron chi connectivity index (χ3n) is 3.39. The molecule has 2 rings (SSSR count). The highest BCUT2D eigenvalue weighted by Crippen LogP contribution is 2.21. The molecule has 4 nitrogen and oxygen atoms in total. The molecular formula is C17H25N3O. The van der Waals surface area contributed by atoms with E-state index in [9.17, 15) is 0 Å². The zero-order valence-corrected chi connectivity index (χ0v) is 13.4. The highest BCUT2D eigenvalue weighted by Gasteiger charge is 2.09. The lowest BCUT2D eigenvalue weighted by molar-refractivity contribution is 0.147. The molecule has 0 aliphatic carbocycles. The molecule has 0 bridgehead atoms. The number of benzene rings is 1. The van der Waals surface area contributed by atoms with E-state index in [1.807, 2.05) is 13.8 Å². The van der Waals surface area contributed by atoms with Crippen LogP contribution in [0.25, 0.3) is 5.69 Å². The van der Waals surface area contributed by atoms with Crippen LogP contribution in [0, 0.1) is 20.8 Å². The van der Waals surface area contributed by atoms with Crippen molar-refractivity contribution in [2.45, 2.75) is 34.1 Å². The third kappa shape index (κ3) is 4.08. The molecule has 4 heteroatoms. The number of rotatable bonds is 7. The summed E-state index contributed by atoms with van der Waals surface area (Å²) in [5.41, 5.74) is 4.72. The van der Waals surface area contributed by atoms with Crippen LogP contribution >= 0.6 is 0 Å². The molecule has 0 aliphatic rings. The number of ether oxygens (including phenoxy) is 1. The van der Waals surface area contributed by atoms with Gasteiger partial charge in [-0.05, 0) is 45.7 Å². The second kappa shape index (κ2) is 7.27. The van der Waals surface area contributed by atoms with Crippen molar-refractivity contribution in [2.75, 3.05) is 25.1 Å². The first-order chi connectivity index (χ1) is 10.1. The summed E-state index contributed by atoms with van der Waals surface area (Å²) in [5, 5.41) is 3.41. The first kappa shape index (κ1) is 15.6. The van der Waals surface area contributed by atoms with Crippen molar-refractivity contribution in [2.24, 2.45) is 0 Å². The summed E-state index contributed by atoms with van der Waals surface area (Å²) in [7, 11) is 0. The van der Waals surface area contributed by atoms with E-state index in [4.69, 9.17) is 4.74 Å². The fourth-order valence-corrected chi connectivity index (χ4v) is 2.40. The topological polar surface area (TPSA) is 39.1 Å². The van der Waals surface area contributed by atoms with Gasteiger partial charge in [-0.25, -0.2) is 4.98 Å². The largest absolute Gasteiger partial charge is 0.382 e. The number of aryl methyl sites for hydroxylation is 3. The predicted molar refractivity (Wildman–Crippen MR) is 87.4 cm³/mol. The van der Waals surface area contributed by atoms with Crippen molar-refractivity contribution in [3.63, 3.8) is 0 Å². The Labute approximate surface area is 127 Å². The Balaban J connectivity index is 2.13. The Morgan fingerprint density at radius 1 is 1.24 bits per heavy atom. The summed E-state index contributed by atoms with van der Waals surface area (Å²) in [6.07, 6.45) is 3.05. The maximum atomic E-state index is 5.36. The molecule has 0 fully saturated rings. The monoisotopic (exact) mass is 287 g/mol. The molecule has 1 aromatic carbocycles. The van der Waals surface area contributed by atoms with Crippen molar-refractivity contribution in [1.29, 1.82) is 0 Å². The van der Waals surface area contributed by atoms with E-state index in [-0.39, 0.29) is 0 Å². The minimum absolute atomic E-state index is 0.774. The van der Waals surface area contributed by atoms with Crippen LogP contribution in [0.1, 0.15) is 30.2 Å². The molecule has 0 atom stereocenters.